The second-order valence-corrected chi connectivity index (χ2v) is 7.05. The van der Waals surface area contributed by atoms with Gasteiger partial charge in [0.25, 0.3) is 5.91 Å². The molecule has 146 valence electrons. The Balaban J connectivity index is 1.48. The fourth-order valence-corrected chi connectivity index (χ4v) is 3.43. The molecular formula is C22H25N3O3. The average molecular weight is 379 g/mol. The van der Waals surface area contributed by atoms with E-state index in [4.69, 9.17) is 0 Å². The van der Waals surface area contributed by atoms with Crippen molar-refractivity contribution in [2.24, 2.45) is 5.10 Å². The first-order chi connectivity index (χ1) is 13.5. The second-order valence-electron chi connectivity index (χ2n) is 7.05. The number of hydrazone groups is 1. The van der Waals surface area contributed by atoms with Crippen LogP contribution in [0.15, 0.2) is 59.7 Å². The number of carbonyl (C=O) groups excluding carboxylic acids is 2. The summed E-state index contributed by atoms with van der Waals surface area (Å²) >= 11 is 0. The number of amides is 2. The lowest BCUT2D eigenvalue weighted by Gasteiger charge is -2.32. The summed E-state index contributed by atoms with van der Waals surface area (Å²) in [7, 11) is 0. The molecule has 1 aliphatic heterocycles. The molecule has 0 bridgehead atoms. The van der Waals surface area contributed by atoms with E-state index in [0.717, 1.165) is 25.9 Å². The number of carbonyl (C=O) groups is 2. The number of hydrogen-bond acceptors (Lipinski definition) is 4. The molecule has 2 amide bonds. The molecule has 3 rings (SSSR count). The Kier molecular flexibility index (Phi) is 6.42. The maximum atomic E-state index is 12.5. The van der Waals surface area contributed by atoms with E-state index in [2.05, 4.69) is 34.8 Å². The van der Waals surface area contributed by atoms with Crippen molar-refractivity contribution in [3.05, 3.63) is 65.7 Å². The van der Waals surface area contributed by atoms with Crippen molar-refractivity contribution in [1.82, 2.24) is 10.3 Å². The van der Waals surface area contributed by atoms with Crippen molar-refractivity contribution in [1.29, 1.82) is 0 Å². The Morgan fingerprint density at radius 3 is 2.39 bits per heavy atom. The summed E-state index contributed by atoms with van der Waals surface area (Å²) in [5, 5.41) is 13.7. The summed E-state index contributed by atoms with van der Waals surface area (Å²) in [4.78, 5) is 26.4. The highest BCUT2D eigenvalue weighted by molar-refractivity contribution is 6.01. The molecule has 0 radical (unpaired) electrons. The number of hydrogen-bond donors (Lipinski definition) is 2. The van der Waals surface area contributed by atoms with Gasteiger partial charge < -0.3 is 10.0 Å². The lowest BCUT2D eigenvalue weighted by atomic mass is 9.89. The largest absolute Gasteiger partial charge is 0.507 e. The van der Waals surface area contributed by atoms with E-state index in [1.165, 1.54) is 17.7 Å². The van der Waals surface area contributed by atoms with E-state index in [-0.39, 0.29) is 23.6 Å². The highest BCUT2D eigenvalue weighted by atomic mass is 16.3. The molecule has 1 fully saturated rings. The van der Waals surface area contributed by atoms with Crippen LogP contribution in [0.1, 0.15) is 48.0 Å². The molecule has 1 aliphatic rings. The van der Waals surface area contributed by atoms with E-state index in [1.54, 1.807) is 19.1 Å². The van der Waals surface area contributed by atoms with Crippen LogP contribution in [-0.2, 0) is 4.79 Å². The first-order valence-electron chi connectivity index (χ1n) is 9.49. The van der Waals surface area contributed by atoms with Gasteiger partial charge in [-0.05, 0) is 43.4 Å². The fraction of sp³-hybridized carbons (Fsp3) is 0.318. The van der Waals surface area contributed by atoms with Gasteiger partial charge in [-0.25, -0.2) is 5.43 Å². The zero-order valence-electron chi connectivity index (χ0n) is 16.0. The summed E-state index contributed by atoms with van der Waals surface area (Å²) in [5.41, 5.74) is 4.40. The minimum atomic E-state index is -0.506. The van der Waals surface area contributed by atoms with Crippen LogP contribution in [0.4, 0.5) is 0 Å². The van der Waals surface area contributed by atoms with E-state index >= 15 is 0 Å². The smallest absolute Gasteiger partial charge is 0.275 e. The van der Waals surface area contributed by atoms with Gasteiger partial charge in [0.2, 0.25) is 5.91 Å². The van der Waals surface area contributed by atoms with Crippen LogP contribution >= 0.6 is 0 Å². The molecule has 2 aromatic carbocycles. The molecule has 28 heavy (non-hydrogen) atoms. The molecule has 6 nitrogen and oxygen atoms in total. The van der Waals surface area contributed by atoms with E-state index in [1.807, 2.05) is 11.0 Å². The lowest BCUT2D eigenvalue weighted by Crippen LogP contribution is -2.38. The molecule has 2 N–H and O–H groups in total. The molecule has 0 spiro atoms. The van der Waals surface area contributed by atoms with Crippen LogP contribution in [0, 0.1) is 0 Å². The number of nitrogens with zero attached hydrogens (tertiary/aromatic N) is 2. The quantitative estimate of drug-likeness (QED) is 0.618. The topological polar surface area (TPSA) is 82.0 Å². The van der Waals surface area contributed by atoms with Crippen molar-refractivity contribution >= 4 is 17.5 Å². The van der Waals surface area contributed by atoms with Gasteiger partial charge in [-0.3, -0.25) is 9.59 Å². The summed E-state index contributed by atoms with van der Waals surface area (Å²) in [6.45, 7) is 3.17. The molecule has 1 heterocycles. The summed E-state index contributed by atoms with van der Waals surface area (Å²) in [6.07, 6.45) is 2.07. The van der Waals surface area contributed by atoms with Gasteiger partial charge in [0.15, 0.2) is 0 Å². The molecular weight excluding hydrogens is 354 g/mol. The highest BCUT2D eigenvalue weighted by Crippen LogP contribution is 2.27. The number of phenols is 1. The van der Waals surface area contributed by atoms with Crippen molar-refractivity contribution in [2.75, 3.05) is 13.1 Å². The standard InChI is InChI=1S/C22H25N3O3/c1-16(23-24-22(28)19-9-5-6-10-20(19)26)15-21(27)25-13-11-18(12-14-25)17-7-3-2-4-8-17/h2-10,18,26H,11-15H2,1H3,(H,24,28)/b23-16+. The monoisotopic (exact) mass is 379 g/mol. The number of nitrogens with one attached hydrogen (secondary N) is 1. The predicted octanol–water partition coefficient (Wildman–Crippen LogP) is 3.29. The molecule has 0 aromatic heterocycles. The maximum absolute atomic E-state index is 12.5. The van der Waals surface area contributed by atoms with Crippen molar-refractivity contribution in [3.8, 4) is 5.75 Å². The van der Waals surface area contributed by atoms with Gasteiger partial charge in [-0.15, -0.1) is 0 Å². The summed E-state index contributed by atoms with van der Waals surface area (Å²) in [5.74, 6) is -0.0961. The van der Waals surface area contributed by atoms with Crippen molar-refractivity contribution in [2.45, 2.75) is 32.1 Å². The van der Waals surface area contributed by atoms with Gasteiger partial charge in [0.1, 0.15) is 5.75 Å². The Morgan fingerprint density at radius 1 is 1.07 bits per heavy atom. The second kappa shape index (κ2) is 9.17. The fourth-order valence-electron chi connectivity index (χ4n) is 3.43. The van der Waals surface area contributed by atoms with Crippen molar-refractivity contribution < 1.29 is 14.7 Å². The third-order valence-corrected chi connectivity index (χ3v) is 5.02. The van der Waals surface area contributed by atoms with Gasteiger partial charge in [0.05, 0.1) is 12.0 Å². The molecule has 6 heteroatoms. The van der Waals surface area contributed by atoms with Crippen LogP contribution < -0.4 is 5.43 Å². The van der Waals surface area contributed by atoms with E-state index < -0.39 is 5.91 Å². The third-order valence-electron chi connectivity index (χ3n) is 5.02. The number of para-hydroxylation sites is 1. The SMILES string of the molecule is C/C(CC(=O)N1CCC(c2ccccc2)CC1)=N\NC(=O)c1ccccc1O. The van der Waals surface area contributed by atoms with Gasteiger partial charge in [0, 0.05) is 18.8 Å². The molecule has 0 unspecified atom stereocenters. The van der Waals surface area contributed by atoms with E-state index in [0.29, 0.717) is 11.6 Å². The summed E-state index contributed by atoms with van der Waals surface area (Å²) in [6, 6.07) is 16.7. The van der Waals surface area contributed by atoms with Crippen LogP contribution in [0.3, 0.4) is 0 Å². The predicted molar refractivity (Wildman–Crippen MR) is 108 cm³/mol. The normalized spacial score (nSPS) is 15.3. The zero-order chi connectivity index (χ0) is 19.9. The van der Waals surface area contributed by atoms with Gasteiger partial charge >= 0.3 is 0 Å². The number of aromatic hydroxyl groups is 1. The molecule has 1 saturated heterocycles. The Bertz CT molecular complexity index is 856. The minimum absolute atomic E-state index is 0.0181. The number of phenolic OH excluding ortho intramolecular Hbond substituents is 1. The first-order valence-corrected chi connectivity index (χ1v) is 9.49. The number of piperidine rings is 1. The lowest BCUT2D eigenvalue weighted by molar-refractivity contribution is -0.130. The van der Waals surface area contributed by atoms with Crippen molar-refractivity contribution in [3.63, 3.8) is 0 Å². The average Bonchev–Trinajstić information content (AvgIpc) is 2.73. The Morgan fingerprint density at radius 2 is 1.71 bits per heavy atom. The van der Waals surface area contributed by atoms with Crippen LogP contribution in [-0.4, -0.2) is 40.6 Å². The summed E-state index contributed by atoms with van der Waals surface area (Å²) < 4.78 is 0. The number of rotatable bonds is 5. The van der Waals surface area contributed by atoms with Gasteiger partial charge in [-0.2, -0.15) is 5.10 Å². The zero-order valence-corrected chi connectivity index (χ0v) is 16.0. The number of benzene rings is 2. The van der Waals surface area contributed by atoms with Gasteiger partial charge in [-0.1, -0.05) is 42.5 Å². The highest BCUT2D eigenvalue weighted by Gasteiger charge is 2.24. The third kappa shape index (κ3) is 4.97. The number of likely N-dealkylation sites (tertiary alicyclic amines) is 1. The molecule has 0 atom stereocenters. The Labute approximate surface area is 164 Å². The van der Waals surface area contributed by atoms with Crippen LogP contribution in [0.5, 0.6) is 5.75 Å². The Hall–Kier alpha value is -3.15. The van der Waals surface area contributed by atoms with Crippen LogP contribution in [0.2, 0.25) is 0 Å². The molecule has 2 aromatic rings. The first kappa shape index (κ1) is 19.6. The minimum Gasteiger partial charge on any atom is -0.507 e. The van der Waals surface area contributed by atoms with E-state index in [9.17, 15) is 14.7 Å². The van der Waals surface area contributed by atoms with Crippen LogP contribution in [0.25, 0.3) is 0 Å². The maximum Gasteiger partial charge on any atom is 0.275 e. The molecule has 0 aliphatic carbocycles. The molecule has 0 saturated carbocycles.